The maximum Gasteiger partial charge on any atom is 0.336 e. The number of unbranched alkanes of at least 4 members (excludes halogenated alkanes) is 6. The lowest BCUT2D eigenvalue weighted by atomic mass is 9.75. The van der Waals surface area contributed by atoms with Crippen LogP contribution in [0.2, 0.25) is 0 Å². The largest absolute Gasteiger partial charge is 0.507 e. The summed E-state index contributed by atoms with van der Waals surface area (Å²) >= 11 is 0. The number of aromatic nitrogens is 3. The lowest BCUT2D eigenvalue weighted by Gasteiger charge is -2.31. The first kappa shape index (κ1) is 57.1. The first-order chi connectivity index (χ1) is 31.7. The smallest absolute Gasteiger partial charge is 0.336 e. The van der Waals surface area contributed by atoms with Crippen LogP contribution in [0.4, 0.5) is 0 Å². The number of phenols is 3. The molecule has 0 bridgehead atoms. The summed E-state index contributed by atoms with van der Waals surface area (Å²) in [6.45, 7) is 37.4. The van der Waals surface area contributed by atoms with E-state index >= 15 is 14.4 Å². The molecule has 69 heavy (non-hydrogen) atoms. The fourth-order valence-corrected chi connectivity index (χ4v) is 10.1. The molecule has 0 fully saturated rings. The molecule has 0 unspecified atom stereocenters. The fourth-order valence-electron chi connectivity index (χ4n) is 10.1. The van der Waals surface area contributed by atoms with E-state index in [2.05, 4.69) is 62.3 Å². The highest BCUT2D eigenvalue weighted by molar-refractivity contribution is 5.52. The fraction of sp³-hybridized carbons (Fsp3) is 0.650. The Labute approximate surface area is 416 Å². The van der Waals surface area contributed by atoms with E-state index in [0.29, 0.717) is 16.7 Å². The van der Waals surface area contributed by atoms with Crippen LogP contribution in [0.25, 0.3) is 0 Å². The third-order valence-corrected chi connectivity index (χ3v) is 14.7. The third kappa shape index (κ3) is 13.5. The molecule has 0 aliphatic rings. The topological polar surface area (TPSA) is 127 Å². The minimum Gasteiger partial charge on any atom is -0.507 e. The number of rotatable bonds is 21. The van der Waals surface area contributed by atoms with Crippen LogP contribution in [0.3, 0.4) is 0 Å². The molecule has 0 atom stereocenters. The van der Waals surface area contributed by atoms with Gasteiger partial charge in [0, 0.05) is 16.7 Å². The van der Waals surface area contributed by atoms with Gasteiger partial charge >= 0.3 is 17.1 Å². The summed E-state index contributed by atoms with van der Waals surface area (Å²) in [5.41, 5.74) is 1.70. The molecular formula is C60H93N3O6. The van der Waals surface area contributed by atoms with Gasteiger partial charge in [0.1, 0.15) is 17.2 Å². The zero-order chi connectivity index (χ0) is 52.2. The second-order valence-corrected chi connectivity index (χ2v) is 25.5. The quantitative estimate of drug-likeness (QED) is 0.0714. The standard InChI is InChI=1S/C60H93N3O6/c1-19-22-25-28-58(13,14)46-34-40(31-43(49(46)64)55(4,5)6)37-61-52(67)62(38-41-32-44(56(7,8)9)50(65)47(35-41)59(15,16)29-26-23-20-2)54(69)63(53(61)68)39-42-33-45(57(10,11)12)51(66)48(36-42)60(17,18)30-27-24-21-3/h31-36,64-66H,19-30,37-39H2,1-18H3. The van der Waals surface area contributed by atoms with Crippen LogP contribution in [-0.2, 0) is 52.1 Å². The molecule has 0 spiro atoms. The highest BCUT2D eigenvalue weighted by Crippen LogP contribution is 2.45. The Balaban J connectivity index is 2.12. The van der Waals surface area contributed by atoms with E-state index in [0.717, 1.165) is 110 Å². The molecule has 4 aromatic rings. The van der Waals surface area contributed by atoms with Gasteiger partial charge in [0.2, 0.25) is 0 Å². The monoisotopic (exact) mass is 952 g/mol. The molecule has 1 heterocycles. The summed E-state index contributed by atoms with van der Waals surface area (Å²) in [6.07, 6.45) is 11.9. The lowest BCUT2D eigenvalue weighted by Crippen LogP contribution is -2.55. The SMILES string of the molecule is CCCCCC(C)(C)c1cc(Cn2c(=O)n(Cc3cc(C(C)(C)C)c(O)c(C(C)(C)CCCCC)c3)c(=O)n(Cc3cc(C(C)(C)C)c(O)c(C(C)(C)CCCCC)c3)c2=O)cc(C(C)(C)C)c1O. The molecule has 3 aromatic carbocycles. The number of hydrogen-bond donors (Lipinski definition) is 3. The average molecular weight is 952 g/mol. The Morgan fingerprint density at radius 3 is 0.739 bits per heavy atom. The van der Waals surface area contributed by atoms with Gasteiger partial charge in [-0.05, 0) is 122 Å². The van der Waals surface area contributed by atoms with Gasteiger partial charge in [-0.25, -0.2) is 28.1 Å². The highest BCUT2D eigenvalue weighted by atomic mass is 16.3. The summed E-state index contributed by atoms with van der Waals surface area (Å²) in [5.74, 6) is 0.690. The lowest BCUT2D eigenvalue weighted by molar-refractivity contribution is 0.394. The molecule has 4 rings (SSSR count). The molecule has 9 heteroatoms. The minimum atomic E-state index is -0.733. The molecule has 0 saturated carbocycles. The van der Waals surface area contributed by atoms with Crippen molar-refractivity contribution in [3.05, 3.63) is 118 Å². The van der Waals surface area contributed by atoms with Gasteiger partial charge in [-0.15, -0.1) is 0 Å². The summed E-state index contributed by atoms with van der Waals surface area (Å²) < 4.78 is 3.53. The maximum absolute atomic E-state index is 15.2. The minimum absolute atomic E-state index is 0.129. The Morgan fingerprint density at radius 1 is 0.348 bits per heavy atom. The van der Waals surface area contributed by atoms with E-state index in [1.54, 1.807) is 0 Å². The van der Waals surface area contributed by atoms with Gasteiger partial charge in [0.15, 0.2) is 0 Å². The van der Waals surface area contributed by atoms with Crippen LogP contribution in [-0.4, -0.2) is 29.0 Å². The molecule has 9 nitrogen and oxygen atoms in total. The zero-order valence-electron chi connectivity index (χ0n) is 46.5. The number of aromatic hydroxyl groups is 3. The number of hydrogen-bond acceptors (Lipinski definition) is 6. The zero-order valence-corrected chi connectivity index (χ0v) is 46.5. The molecule has 0 radical (unpaired) electrons. The summed E-state index contributed by atoms with van der Waals surface area (Å²) in [7, 11) is 0. The van der Waals surface area contributed by atoms with Crippen LogP contribution >= 0.6 is 0 Å². The van der Waals surface area contributed by atoms with Gasteiger partial charge in [-0.2, -0.15) is 0 Å². The Bertz CT molecular complexity index is 2280. The van der Waals surface area contributed by atoms with Gasteiger partial charge in [-0.3, -0.25) is 0 Å². The van der Waals surface area contributed by atoms with Crippen molar-refractivity contribution in [2.75, 3.05) is 0 Å². The normalized spacial score (nSPS) is 13.1. The van der Waals surface area contributed by atoms with E-state index in [1.807, 2.05) is 98.7 Å². The number of nitrogens with zero attached hydrogens (tertiary/aromatic N) is 3. The molecule has 0 amide bonds. The van der Waals surface area contributed by atoms with Crippen LogP contribution in [0.1, 0.15) is 252 Å². The summed E-state index contributed by atoms with van der Waals surface area (Å²) in [5, 5.41) is 35.8. The van der Waals surface area contributed by atoms with Crippen LogP contribution in [0.5, 0.6) is 17.2 Å². The van der Waals surface area contributed by atoms with Crippen LogP contribution < -0.4 is 17.1 Å². The highest BCUT2D eigenvalue weighted by Gasteiger charge is 2.33. The van der Waals surface area contributed by atoms with Crippen molar-refractivity contribution in [1.29, 1.82) is 0 Å². The van der Waals surface area contributed by atoms with E-state index in [-0.39, 0.29) is 36.9 Å². The van der Waals surface area contributed by atoms with Gasteiger partial charge in [0.05, 0.1) is 19.6 Å². The average Bonchev–Trinajstić information content (AvgIpc) is 3.22. The van der Waals surface area contributed by atoms with Crippen molar-refractivity contribution in [2.45, 2.75) is 254 Å². The van der Waals surface area contributed by atoms with E-state index in [4.69, 9.17) is 0 Å². The second kappa shape index (κ2) is 21.9. The van der Waals surface area contributed by atoms with Crippen LogP contribution in [0, 0.1) is 0 Å². The van der Waals surface area contributed by atoms with E-state index in [9.17, 15) is 15.3 Å². The van der Waals surface area contributed by atoms with E-state index in [1.165, 1.54) is 13.7 Å². The molecule has 0 saturated heterocycles. The first-order valence-corrected chi connectivity index (χ1v) is 26.3. The van der Waals surface area contributed by atoms with Crippen LogP contribution in [0.15, 0.2) is 50.8 Å². The van der Waals surface area contributed by atoms with Crippen molar-refractivity contribution < 1.29 is 15.3 Å². The Hall–Kier alpha value is -4.53. The third-order valence-electron chi connectivity index (χ3n) is 14.7. The molecular weight excluding hydrogens is 859 g/mol. The maximum atomic E-state index is 15.2. The van der Waals surface area contributed by atoms with Crippen molar-refractivity contribution in [1.82, 2.24) is 13.7 Å². The molecule has 3 N–H and O–H groups in total. The van der Waals surface area contributed by atoms with E-state index < -0.39 is 49.6 Å². The molecule has 0 aliphatic heterocycles. The van der Waals surface area contributed by atoms with Crippen molar-refractivity contribution in [3.8, 4) is 17.2 Å². The molecule has 384 valence electrons. The molecule has 1 aromatic heterocycles. The number of phenolic OH excluding ortho intramolecular Hbond substituents is 3. The first-order valence-electron chi connectivity index (χ1n) is 26.3. The van der Waals surface area contributed by atoms with Gasteiger partial charge in [0.25, 0.3) is 0 Å². The van der Waals surface area contributed by atoms with Crippen molar-refractivity contribution >= 4 is 0 Å². The van der Waals surface area contributed by atoms with Gasteiger partial charge < -0.3 is 15.3 Å². The predicted octanol–water partition coefficient (Wildman–Crippen LogP) is 13.9. The van der Waals surface area contributed by atoms with Crippen molar-refractivity contribution in [3.63, 3.8) is 0 Å². The number of benzene rings is 3. The second-order valence-electron chi connectivity index (χ2n) is 25.5. The molecule has 0 aliphatic carbocycles. The Kier molecular flexibility index (Phi) is 18.1. The predicted molar refractivity (Wildman–Crippen MR) is 288 cm³/mol. The summed E-state index contributed by atoms with van der Waals surface area (Å²) in [6, 6.07) is 11.5. The Morgan fingerprint density at radius 2 is 0.551 bits per heavy atom. The summed E-state index contributed by atoms with van der Waals surface area (Å²) in [4.78, 5) is 45.5. The van der Waals surface area contributed by atoms with Gasteiger partial charge in [-0.1, -0.05) is 182 Å². The van der Waals surface area contributed by atoms with Crippen molar-refractivity contribution in [2.24, 2.45) is 0 Å².